The summed E-state index contributed by atoms with van der Waals surface area (Å²) >= 11 is 0. The van der Waals surface area contributed by atoms with Crippen LogP contribution < -0.4 is 19.8 Å². The number of hydrogen-bond acceptors (Lipinski definition) is 8. The summed E-state index contributed by atoms with van der Waals surface area (Å²) in [6, 6.07) is 24.4. The Morgan fingerprint density at radius 3 is 2.33 bits per heavy atom. The number of nitrogens with zero attached hydrogens (tertiary/aromatic N) is 3. The molecule has 4 aromatic carbocycles. The van der Waals surface area contributed by atoms with Crippen molar-refractivity contribution in [3.63, 3.8) is 0 Å². The van der Waals surface area contributed by atoms with Crippen LogP contribution in [-0.4, -0.2) is 76.2 Å². The first-order chi connectivity index (χ1) is 22.0. The number of carboxylic acid groups (broad SMARTS) is 1. The van der Waals surface area contributed by atoms with Crippen molar-refractivity contribution in [3.05, 3.63) is 102 Å². The molecule has 1 aliphatic rings. The number of carbonyl (C=O) groups excluding carboxylic acids is 3. The van der Waals surface area contributed by atoms with Gasteiger partial charge in [-0.3, -0.25) is 24.3 Å². The largest absolute Gasteiger partial charge is 0.481 e. The van der Waals surface area contributed by atoms with Gasteiger partial charge in [0.2, 0.25) is 15.9 Å². The Balaban J connectivity index is 1.60. The molecule has 12 nitrogen and oxygen atoms in total. The SMILES string of the molecule is CN(C)c1cccc2c(S(=O)(=O)NC3N=C(c4ccccc4)c4ccccc4N(CC(=O)N[C@H](C=O)CC(=O)O)C3=O)cccc12. The Morgan fingerprint density at radius 1 is 0.957 bits per heavy atom. The van der Waals surface area contributed by atoms with Crippen molar-refractivity contribution in [3.8, 4) is 0 Å². The van der Waals surface area contributed by atoms with E-state index in [-0.39, 0.29) is 10.6 Å². The second-order valence-corrected chi connectivity index (χ2v) is 12.4. The van der Waals surface area contributed by atoms with Gasteiger partial charge in [0, 0.05) is 41.7 Å². The molecule has 5 rings (SSSR count). The number of nitrogens with one attached hydrogen (secondary N) is 2. The van der Waals surface area contributed by atoms with E-state index in [0.29, 0.717) is 33.9 Å². The average Bonchev–Trinajstić information content (AvgIpc) is 3.14. The third-order valence-electron chi connectivity index (χ3n) is 7.36. The van der Waals surface area contributed by atoms with Crippen LogP contribution in [0.5, 0.6) is 0 Å². The first kappa shape index (κ1) is 32.0. The van der Waals surface area contributed by atoms with Gasteiger partial charge in [-0.05, 0) is 18.2 Å². The summed E-state index contributed by atoms with van der Waals surface area (Å²) in [5.41, 5.74) is 2.43. The molecule has 236 valence electrons. The zero-order valence-electron chi connectivity index (χ0n) is 25.0. The van der Waals surface area contributed by atoms with E-state index < -0.39 is 53.0 Å². The topological polar surface area (TPSA) is 166 Å². The molecule has 1 heterocycles. The fourth-order valence-electron chi connectivity index (χ4n) is 5.31. The Morgan fingerprint density at radius 2 is 1.63 bits per heavy atom. The third kappa shape index (κ3) is 6.65. The quantitative estimate of drug-likeness (QED) is 0.210. The maximum absolute atomic E-state index is 14.2. The van der Waals surface area contributed by atoms with Crippen molar-refractivity contribution >= 4 is 62.0 Å². The number of carboxylic acids is 1. The van der Waals surface area contributed by atoms with Gasteiger partial charge in [-0.15, -0.1) is 0 Å². The van der Waals surface area contributed by atoms with Gasteiger partial charge in [0.1, 0.15) is 12.8 Å². The standard InChI is InChI=1S/C33H31N5O7S/c1-37(2)26-16-8-14-24-23(26)13-9-17-28(24)46(44,45)36-32-33(43)38(19-29(40)34-22(20-39)18-30(41)42)27-15-7-6-12-25(27)31(35-32)21-10-4-3-5-11-21/h3-17,20,22,32,36H,18-19H2,1-2H3,(H,34,40)(H,41,42)/t22-,32?/m0/s1. The summed E-state index contributed by atoms with van der Waals surface area (Å²) in [6.07, 6.45) is -2.05. The van der Waals surface area contributed by atoms with Crippen LogP contribution in [0, 0.1) is 0 Å². The van der Waals surface area contributed by atoms with E-state index in [2.05, 4.69) is 15.0 Å². The molecule has 0 bridgehead atoms. The van der Waals surface area contributed by atoms with E-state index in [1.165, 1.54) is 6.07 Å². The number of benzodiazepines with no additional fused rings is 1. The van der Waals surface area contributed by atoms with Gasteiger partial charge in [-0.1, -0.05) is 72.8 Å². The summed E-state index contributed by atoms with van der Waals surface area (Å²) < 4.78 is 30.6. The molecule has 2 amide bonds. The number of sulfonamides is 1. The van der Waals surface area contributed by atoms with Gasteiger partial charge in [0.05, 0.1) is 28.8 Å². The number of fused-ring (bicyclic) bond motifs is 2. The van der Waals surface area contributed by atoms with Crippen LogP contribution in [0.15, 0.2) is 101 Å². The van der Waals surface area contributed by atoms with Crippen LogP contribution in [-0.2, 0) is 29.2 Å². The van der Waals surface area contributed by atoms with Gasteiger partial charge in [-0.25, -0.2) is 8.42 Å². The molecule has 0 saturated carbocycles. The van der Waals surface area contributed by atoms with Crippen LogP contribution in [0.1, 0.15) is 17.5 Å². The van der Waals surface area contributed by atoms with Gasteiger partial charge >= 0.3 is 5.97 Å². The normalized spacial score (nSPS) is 15.3. The third-order valence-corrected chi connectivity index (χ3v) is 8.83. The first-order valence-electron chi connectivity index (χ1n) is 14.2. The molecule has 0 saturated heterocycles. The van der Waals surface area contributed by atoms with Crippen LogP contribution in [0.2, 0.25) is 0 Å². The molecule has 0 aromatic heterocycles. The maximum Gasteiger partial charge on any atom is 0.305 e. The van der Waals surface area contributed by atoms with Crippen molar-refractivity contribution in [1.82, 2.24) is 10.0 Å². The molecule has 0 radical (unpaired) electrons. The summed E-state index contributed by atoms with van der Waals surface area (Å²) in [4.78, 5) is 57.4. The fourth-order valence-corrected chi connectivity index (χ4v) is 6.61. The molecule has 4 aromatic rings. The first-order valence-corrected chi connectivity index (χ1v) is 15.7. The lowest BCUT2D eigenvalue weighted by Gasteiger charge is -2.25. The van der Waals surface area contributed by atoms with Crippen molar-refractivity contribution in [2.24, 2.45) is 4.99 Å². The molecule has 0 spiro atoms. The molecule has 0 aliphatic carbocycles. The smallest absolute Gasteiger partial charge is 0.305 e. The van der Waals surface area contributed by atoms with E-state index in [4.69, 9.17) is 5.11 Å². The Bertz CT molecular complexity index is 1960. The van der Waals surface area contributed by atoms with Crippen molar-refractivity contribution in [2.45, 2.75) is 23.5 Å². The number of aliphatic imine (C=N–C) groups is 1. The lowest BCUT2D eigenvalue weighted by molar-refractivity contribution is -0.138. The number of amides is 2. The highest BCUT2D eigenvalue weighted by Crippen LogP contribution is 2.32. The number of carbonyl (C=O) groups is 4. The molecular formula is C33H31N5O7S. The van der Waals surface area contributed by atoms with E-state index in [1.54, 1.807) is 78.9 Å². The molecule has 1 unspecified atom stereocenters. The van der Waals surface area contributed by atoms with Crippen molar-refractivity contribution < 1.29 is 32.7 Å². The van der Waals surface area contributed by atoms with Gasteiger partial charge in [-0.2, -0.15) is 4.72 Å². The van der Waals surface area contributed by atoms with E-state index in [9.17, 15) is 27.6 Å². The highest BCUT2D eigenvalue weighted by molar-refractivity contribution is 7.89. The number of para-hydroxylation sites is 1. The van der Waals surface area contributed by atoms with Crippen LogP contribution in [0.25, 0.3) is 10.8 Å². The summed E-state index contributed by atoms with van der Waals surface area (Å²) in [7, 11) is -0.701. The number of benzene rings is 4. The minimum atomic E-state index is -4.39. The van der Waals surface area contributed by atoms with Gasteiger partial charge in [0.15, 0.2) is 6.17 Å². The highest BCUT2D eigenvalue weighted by atomic mass is 32.2. The summed E-state index contributed by atoms with van der Waals surface area (Å²) in [5.74, 6) is -2.97. The van der Waals surface area contributed by atoms with Crippen molar-refractivity contribution in [2.75, 3.05) is 30.4 Å². The second-order valence-electron chi connectivity index (χ2n) is 10.7. The molecule has 3 N–H and O–H groups in total. The Hall–Kier alpha value is -5.40. The molecular weight excluding hydrogens is 610 g/mol. The molecule has 13 heteroatoms. The lowest BCUT2D eigenvalue weighted by Crippen LogP contribution is -2.51. The number of hydrogen-bond donors (Lipinski definition) is 3. The average molecular weight is 642 g/mol. The number of aldehydes is 1. The molecule has 2 atom stereocenters. The van der Waals surface area contributed by atoms with E-state index >= 15 is 0 Å². The highest BCUT2D eigenvalue weighted by Gasteiger charge is 2.36. The van der Waals surface area contributed by atoms with Crippen LogP contribution in [0.4, 0.5) is 11.4 Å². The predicted octanol–water partition coefficient (Wildman–Crippen LogP) is 2.55. The van der Waals surface area contributed by atoms with E-state index in [0.717, 1.165) is 10.6 Å². The summed E-state index contributed by atoms with van der Waals surface area (Å²) in [6.45, 7) is -0.643. The van der Waals surface area contributed by atoms with E-state index in [1.807, 2.05) is 25.1 Å². The second kappa shape index (κ2) is 13.3. The van der Waals surface area contributed by atoms with Gasteiger partial charge < -0.3 is 20.1 Å². The van der Waals surface area contributed by atoms with Crippen LogP contribution >= 0.6 is 0 Å². The molecule has 46 heavy (non-hydrogen) atoms. The predicted molar refractivity (Wildman–Crippen MR) is 174 cm³/mol. The zero-order valence-corrected chi connectivity index (χ0v) is 25.8. The van der Waals surface area contributed by atoms with Gasteiger partial charge in [0.25, 0.3) is 5.91 Å². The molecule has 0 fully saturated rings. The minimum Gasteiger partial charge on any atom is -0.481 e. The minimum absolute atomic E-state index is 0.0634. The monoisotopic (exact) mass is 641 g/mol. The number of anilines is 2. The zero-order chi connectivity index (χ0) is 33.0. The number of rotatable bonds is 11. The summed E-state index contributed by atoms with van der Waals surface area (Å²) in [5, 5.41) is 12.5. The van der Waals surface area contributed by atoms with Crippen molar-refractivity contribution in [1.29, 1.82) is 0 Å². The molecule has 1 aliphatic heterocycles. The lowest BCUT2D eigenvalue weighted by atomic mass is 10.0. The maximum atomic E-state index is 14.2. The number of aliphatic carboxylic acids is 1. The van der Waals surface area contributed by atoms with Crippen LogP contribution in [0.3, 0.4) is 0 Å². The Labute approximate surface area is 265 Å². The Kier molecular flexibility index (Phi) is 9.26. The fraction of sp³-hybridized carbons (Fsp3) is 0.182.